The molecule has 0 unspecified atom stereocenters. The van der Waals surface area contributed by atoms with Crippen LogP contribution in [0.3, 0.4) is 0 Å². The van der Waals surface area contributed by atoms with Crippen molar-refractivity contribution < 1.29 is 26.7 Å². The van der Waals surface area contributed by atoms with Crippen molar-refractivity contribution in [3.8, 4) is 28.0 Å². The Morgan fingerprint density at radius 1 is 0.515 bits per heavy atom. The van der Waals surface area contributed by atoms with Crippen LogP contribution < -0.4 is 4.74 Å². The summed E-state index contributed by atoms with van der Waals surface area (Å²) in [6, 6.07) is 16.2. The molecule has 0 saturated carbocycles. The maximum atomic E-state index is 15.3. The molecule has 0 heterocycles. The van der Waals surface area contributed by atoms with Gasteiger partial charge in [0.1, 0.15) is 34.8 Å². The van der Waals surface area contributed by atoms with Crippen LogP contribution in [0.25, 0.3) is 43.8 Å². The molecule has 0 amide bonds. The van der Waals surface area contributed by atoms with Gasteiger partial charge in [-0.3, -0.25) is 0 Å². The lowest BCUT2D eigenvalue weighted by Gasteiger charge is -2.20. The molecule has 0 spiro atoms. The van der Waals surface area contributed by atoms with Gasteiger partial charge < -0.3 is 4.74 Å². The van der Waals surface area contributed by atoms with Crippen LogP contribution in [0.15, 0.2) is 72.8 Å². The predicted octanol–water partition coefficient (Wildman–Crippen LogP) is 8.03. The molecule has 0 N–H and O–H groups in total. The molecule has 33 heavy (non-hydrogen) atoms. The van der Waals surface area contributed by atoms with E-state index in [1.807, 2.05) is 0 Å². The molecule has 0 radical (unpaired) electrons. The van der Waals surface area contributed by atoms with E-state index in [4.69, 9.17) is 4.74 Å². The van der Waals surface area contributed by atoms with Crippen molar-refractivity contribution in [1.29, 1.82) is 0 Å². The van der Waals surface area contributed by atoms with Crippen LogP contribution in [-0.4, -0.2) is 7.11 Å². The molecule has 0 atom stereocenters. The van der Waals surface area contributed by atoms with Gasteiger partial charge in [0.2, 0.25) is 0 Å². The Kier molecular flexibility index (Phi) is 5.01. The monoisotopic (exact) mass is 450 g/mol. The van der Waals surface area contributed by atoms with Crippen molar-refractivity contribution in [2.45, 2.75) is 0 Å². The number of fused-ring (bicyclic) bond motifs is 2. The van der Waals surface area contributed by atoms with Crippen molar-refractivity contribution in [3.63, 3.8) is 0 Å². The largest absolute Gasteiger partial charge is 0.497 e. The standard InChI is InChI=1S/C27H15F5O/c1-33-15-12-20(31)24(21(32)13-15)27-23-16(8-5-9-17(23)28)22(14-6-3-2-4-7-14)25-18(29)10-11-19(30)26(25)27/h2-13H,1H3. The topological polar surface area (TPSA) is 9.23 Å². The van der Waals surface area contributed by atoms with Gasteiger partial charge in [0.05, 0.1) is 12.7 Å². The first-order valence-corrected chi connectivity index (χ1v) is 10.0. The van der Waals surface area contributed by atoms with Crippen LogP contribution in [0.4, 0.5) is 22.0 Å². The molecule has 0 aliphatic heterocycles. The van der Waals surface area contributed by atoms with Gasteiger partial charge in [-0.25, -0.2) is 22.0 Å². The van der Waals surface area contributed by atoms with E-state index in [1.165, 1.54) is 19.2 Å². The van der Waals surface area contributed by atoms with Crippen molar-refractivity contribution >= 4 is 21.5 Å². The fraction of sp³-hybridized carbons (Fsp3) is 0.0370. The molecule has 0 fully saturated rings. The van der Waals surface area contributed by atoms with E-state index in [1.54, 1.807) is 30.3 Å². The summed E-state index contributed by atoms with van der Waals surface area (Å²) >= 11 is 0. The summed E-state index contributed by atoms with van der Waals surface area (Å²) in [4.78, 5) is 0. The number of hydrogen-bond donors (Lipinski definition) is 0. The summed E-state index contributed by atoms with van der Waals surface area (Å²) in [7, 11) is 1.24. The van der Waals surface area contributed by atoms with E-state index in [2.05, 4.69) is 0 Å². The summed E-state index contributed by atoms with van der Waals surface area (Å²) in [5.41, 5.74) is -0.326. The number of halogens is 5. The second-order valence-electron chi connectivity index (χ2n) is 7.52. The maximum Gasteiger partial charge on any atom is 0.137 e. The second-order valence-corrected chi connectivity index (χ2v) is 7.52. The zero-order chi connectivity index (χ0) is 23.3. The number of hydrogen-bond acceptors (Lipinski definition) is 1. The van der Waals surface area contributed by atoms with Crippen LogP contribution in [0.2, 0.25) is 0 Å². The number of benzene rings is 5. The van der Waals surface area contributed by atoms with Crippen molar-refractivity contribution in [2.24, 2.45) is 0 Å². The zero-order valence-corrected chi connectivity index (χ0v) is 17.2. The smallest absolute Gasteiger partial charge is 0.137 e. The molecule has 0 aliphatic carbocycles. The molecule has 0 saturated heterocycles. The van der Waals surface area contributed by atoms with E-state index in [0.29, 0.717) is 5.56 Å². The summed E-state index contributed by atoms with van der Waals surface area (Å²) < 4.78 is 81.2. The Hall–Kier alpha value is -3.93. The van der Waals surface area contributed by atoms with Gasteiger partial charge in [-0.1, -0.05) is 42.5 Å². The van der Waals surface area contributed by atoms with Crippen molar-refractivity contribution in [1.82, 2.24) is 0 Å². The highest BCUT2D eigenvalue weighted by Gasteiger charge is 2.27. The Bertz CT molecular complexity index is 1520. The third-order valence-corrected chi connectivity index (χ3v) is 5.70. The Morgan fingerprint density at radius 3 is 1.70 bits per heavy atom. The summed E-state index contributed by atoms with van der Waals surface area (Å²) in [6.07, 6.45) is 0. The highest BCUT2D eigenvalue weighted by molar-refractivity contribution is 6.21. The Labute approximate surface area is 185 Å². The first-order chi connectivity index (χ1) is 15.9. The highest BCUT2D eigenvalue weighted by Crippen LogP contribution is 2.47. The first kappa shape index (κ1) is 20.9. The van der Waals surface area contributed by atoms with E-state index in [0.717, 1.165) is 30.3 Å². The average molecular weight is 450 g/mol. The van der Waals surface area contributed by atoms with Crippen LogP contribution in [-0.2, 0) is 0 Å². The first-order valence-electron chi connectivity index (χ1n) is 10.0. The third kappa shape index (κ3) is 3.21. The lowest BCUT2D eigenvalue weighted by molar-refractivity contribution is 0.407. The number of rotatable bonds is 3. The molecule has 0 aliphatic rings. The van der Waals surface area contributed by atoms with Gasteiger partial charge >= 0.3 is 0 Å². The highest BCUT2D eigenvalue weighted by atomic mass is 19.1. The maximum absolute atomic E-state index is 15.3. The number of ether oxygens (including phenoxy) is 1. The van der Waals surface area contributed by atoms with Crippen molar-refractivity contribution in [2.75, 3.05) is 7.11 Å². The van der Waals surface area contributed by atoms with E-state index < -0.39 is 45.6 Å². The Balaban J connectivity index is 2.11. The van der Waals surface area contributed by atoms with Gasteiger partial charge in [-0.15, -0.1) is 0 Å². The predicted molar refractivity (Wildman–Crippen MR) is 119 cm³/mol. The lowest BCUT2D eigenvalue weighted by atomic mass is 9.85. The summed E-state index contributed by atoms with van der Waals surface area (Å²) in [5.74, 6) is -4.83. The molecule has 6 heteroatoms. The van der Waals surface area contributed by atoms with Gasteiger partial charge in [0.15, 0.2) is 0 Å². The van der Waals surface area contributed by atoms with Crippen LogP contribution in [0.1, 0.15) is 0 Å². The fourth-order valence-electron chi connectivity index (χ4n) is 4.35. The van der Waals surface area contributed by atoms with E-state index >= 15 is 22.0 Å². The second kappa shape index (κ2) is 7.89. The normalized spacial score (nSPS) is 11.3. The summed E-state index contributed by atoms with van der Waals surface area (Å²) in [5, 5.41) is -0.613. The summed E-state index contributed by atoms with van der Waals surface area (Å²) in [6.45, 7) is 0. The van der Waals surface area contributed by atoms with Gasteiger partial charge in [0, 0.05) is 39.4 Å². The molecular weight excluding hydrogens is 435 g/mol. The van der Waals surface area contributed by atoms with Crippen molar-refractivity contribution in [3.05, 3.63) is 102 Å². The van der Waals surface area contributed by atoms with Crippen LogP contribution in [0, 0.1) is 29.1 Å². The minimum atomic E-state index is -1.09. The lowest BCUT2D eigenvalue weighted by Crippen LogP contribution is -2.00. The molecular formula is C27H15F5O. The quantitative estimate of drug-likeness (QED) is 0.200. The Morgan fingerprint density at radius 2 is 1.09 bits per heavy atom. The molecule has 5 aromatic rings. The van der Waals surface area contributed by atoms with Gasteiger partial charge in [0.25, 0.3) is 0 Å². The minimum Gasteiger partial charge on any atom is -0.497 e. The van der Waals surface area contributed by atoms with Gasteiger partial charge in [-0.05, 0) is 29.1 Å². The van der Waals surface area contributed by atoms with Crippen LogP contribution >= 0.6 is 0 Å². The molecule has 0 aromatic heterocycles. The molecule has 0 bridgehead atoms. The molecule has 5 aromatic carbocycles. The van der Waals surface area contributed by atoms with Gasteiger partial charge in [-0.2, -0.15) is 0 Å². The molecule has 164 valence electrons. The minimum absolute atomic E-state index is 0.101. The fourth-order valence-corrected chi connectivity index (χ4v) is 4.35. The zero-order valence-electron chi connectivity index (χ0n) is 17.2. The SMILES string of the molecule is COc1cc(F)c(-c2c3c(F)cccc3c(-c3ccccc3)c3c(F)ccc(F)c23)c(F)c1. The number of methoxy groups -OCH3 is 1. The molecule has 5 rings (SSSR count). The molecule has 1 nitrogen and oxygen atoms in total. The van der Waals surface area contributed by atoms with Crippen LogP contribution in [0.5, 0.6) is 5.75 Å². The third-order valence-electron chi connectivity index (χ3n) is 5.70. The van der Waals surface area contributed by atoms with E-state index in [-0.39, 0.29) is 27.5 Å². The van der Waals surface area contributed by atoms with E-state index in [9.17, 15) is 0 Å². The average Bonchev–Trinajstić information content (AvgIpc) is 2.81.